The second-order valence-electron chi connectivity index (χ2n) is 8.52. The van der Waals surface area contributed by atoms with Gasteiger partial charge in [-0.15, -0.1) is 0 Å². The Labute approximate surface area is 206 Å². The van der Waals surface area contributed by atoms with E-state index in [1.807, 2.05) is 50.2 Å². The van der Waals surface area contributed by atoms with Crippen molar-refractivity contribution in [2.75, 3.05) is 11.3 Å². The van der Waals surface area contributed by atoms with Crippen LogP contribution in [0.5, 0.6) is 0 Å². The molecule has 0 heterocycles. The first-order valence-electron chi connectivity index (χ1n) is 11.3. The molecule has 1 unspecified atom stereocenters. The van der Waals surface area contributed by atoms with Gasteiger partial charge in [0.25, 0.3) is 15.9 Å². The van der Waals surface area contributed by atoms with Crippen LogP contribution in [-0.2, 0) is 26.0 Å². The van der Waals surface area contributed by atoms with E-state index in [1.54, 1.807) is 25.1 Å². The van der Waals surface area contributed by atoms with Gasteiger partial charge in [-0.2, -0.15) is 0 Å². The highest BCUT2D eigenvalue weighted by atomic mass is 32.2. The summed E-state index contributed by atoms with van der Waals surface area (Å²) < 4.78 is 33.5. The molecule has 3 aromatic carbocycles. The lowest BCUT2D eigenvalue weighted by molar-refractivity contribution is -0.124. The normalized spacial score (nSPS) is 12.0. The molecule has 0 saturated heterocycles. The molecule has 0 bridgehead atoms. The lowest BCUT2D eigenvalue weighted by Crippen LogP contribution is -2.36. The number of hydrogen-bond donors (Lipinski definition) is 2. The van der Waals surface area contributed by atoms with E-state index in [-0.39, 0.29) is 16.5 Å². The number of hydrogen-bond acceptors (Lipinski definition) is 5. The van der Waals surface area contributed by atoms with Gasteiger partial charge in [-0.25, -0.2) is 13.2 Å². The van der Waals surface area contributed by atoms with Crippen molar-refractivity contribution in [3.05, 3.63) is 95.1 Å². The fourth-order valence-corrected chi connectivity index (χ4v) is 4.89. The zero-order valence-corrected chi connectivity index (χ0v) is 20.9. The molecular weight excluding hydrogens is 464 g/mol. The highest BCUT2D eigenvalue weighted by molar-refractivity contribution is 7.92. The number of nitrogens with one attached hydrogen (secondary N) is 2. The Bertz CT molecular complexity index is 1290. The molecule has 0 aliphatic heterocycles. The van der Waals surface area contributed by atoms with Crippen molar-refractivity contribution in [1.82, 2.24) is 5.32 Å². The maximum absolute atomic E-state index is 12.9. The monoisotopic (exact) mass is 494 g/mol. The Balaban J connectivity index is 1.57. The molecule has 0 aromatic heterocycles. The van der Waals surface area contributed by atoms with Crippen molar-refractivity contribution in [1.29, 1.82) is 0 Å². The van der Waals surface area contributed by atoms with E-state index in [2.05, 4.69) is 10.0 Å². The lowest BCUT2D eigenvalue weighted by Gasteiger charge is -2.14. The maximum Gasteiger partial charge on any atom is 0.338 e. The molecule has 8 heteroatoms. The van der Waals surface area contributed by atoms with E-state index in [1.165, 1.54) is 23.8 Å². The van der Waals surface area contributed by atoms with Crippen molar-refractivity contribution in [2.45, 2.75) is 44.6 Å². The predicted octanol–water partition coefficient (Wildman–Crippen LogP) is 4.40. The van der Waals surface area contributed by atoms with Gasteiger partial charge in [0.15, 0.2) is 6.61 Å². The number of carbonyl (C=O) groups excluding carboxylic acids is 2. The maximum atomic E-state index is 12.9. The van der Waals surface area contributed by atoms with Crippen LogP contribution in [-0.4, -0.2) is 32.9 Å². The number of anilines is 1. The second-order valence-corrected chi connectivity index (χ2v) is 10.2. The first-order valence-corrected chi connectivity index (χ1v) is 12.8. The average Bonchev–Trinajstić information content (AvgIpc) is 2.82. The number of rotatable bonds is 10. The summed E-state index contributed by atoms with van der Waals surface area (Å²) in [5.41, 5.74) is 3.04. The van der Waals surface area contributed by atoms with Gasteiger partial charge < -0.3 is 10.1 Å². The highest BCUT2D eigenvalue weighted by Crippen LogP contribution is 2.22. The summed E-state index contributed by atoms with van der Waals surface area (Å²) in [6, 6.07) is 21.1. The summed E-state index contributed by atoms with van der Waals surface area (Å²) in [5, 5.41) is 2.81. The van der Waals surface area contributed by atoms with Gasteiger partial charge in [-0.3, -0.25) is 9.52 Å². The fraction of sp³-hybridized carbons (Fsp3) is 0.259. The number of benzene rings is 3. The van der Waals surface area contributed by atoms with Crippen LogP contribution >= 0.6 is 0 Å². The third-order valence-corrected chi connectivity index (χ3v) is 6.96. The molecule has 0 saturated carbocycles. The molecule has 1 amide bonds. The van der Waals surface area contributed by atoms with Gasteiger partial charge in [0.2, 0.25) is 0 Å². The number of amides is 1. The van der Waals surface area contributed by atoms with Crippen LogP contribution in [0, 0.1) is 13.8 Å². The average molecular weight is 495 g/mol. The molecular formula is C27H30N2O5S. The molecule has 7 nitrogen and oxygen atoms in total. The Morgan fingerprint density at radius 2 is 1.69 bits per heavy atom. The van der Waals surface area contributed by atoms with Gasteiger partial charge in [-0.1, -0.05) is 48.5 Å². The molecule has 184 valence electrons. The predicted molar refractivity (Wildman–Crippen MR) is 136 cm³/mol. The van der Waals surface area contributed by atoms with E-state index in [0.717, 1.165) is 18.4 Å². The Morgan fingerprint density at radius 3 is 2.40 bits per heavy atom. The number of esters is 1. The Hall–Kier alpha value is -3.65. The quantitative estimate of drug-likeness (QED) is 0.407. The Morgan fingerprint density at radius 1 is 0.943 bits per heavy atom. The molecule has 1 atom stereocenters. The minimum Gasteiger partial charge on any atom is -0.452 e. The molecule has 3 aromatic rings. The summed E-state index contributed by atoms with van der Waals surface area (Å²) in [4.78, 5) is 24.7. The molecule has 0 spiro atoms. The van der Waals surface area contributed by atoms with E-state index in [4.69, 9.17) is 4.74 Å². The van der Waals surface area contributed by atoms with Gasteiger partial charge in [0.1, 0.15) is 0 Å². The smallest absolute Gasteiger partial charge is 0.338 e. The molecule has 0 radical (unpaired) electrons. The third-order valence-electron chi connectivity index (χ3n) is 5.43. The van der Waals surface area contributed by atoms with Crippen molar-refractivity contribution in [3.8, 4) is 0 Å². The zero-order valence-electron chi connectivity index (χ0n) is 20.1. The summed E-state index contributed by atoms with van der Waals surface area (Å²) in [7, 11) is -3.93. The summed E-state index contributed by atoms with van der Waals surface area (Å²) in [6.07, 6.45) is 1.57. The minimum atomic E-state index is -3.93. The van der Waals surface area contributed by atoms with Gasteiger partial charge >= 0.3 is 5.97 Å². The number of sulfonamides is 1. The summed E-state index contributed by atoms with van der Waals surface area (Å²) in [5.74, 6) is -1.19. The van der Waals surface area contributed by atoms with E-state index >= 15 is 0 Å². The van der Waals surface area contributed by atoms with E-state index in [0.29, 0.717) is 11.3 Å². The van der Waals surface area contributed by atoms with Crippen molar-refractivity contribution in [2.24, 2.45) is 0 Å². The van der Waals surface area contributed by atoms with Crippen LogP contribution in [0.15, 0.2) is 77.7 Å². The second kappa shape index (κ2) is 11.7. The van der Waals surface area contributed by atoms with Crippen molar-refractivity contribution in [3.63, 3.8) is 0 Å². The Kier molecular flexibility index (Phi) is 8.65. The van der Waals surface area contributed by atoms with Crippen LogP contribution in [0.25, 0.3) is 0 Å². The SMILES string of the molecule is Cc1cccc(NS(=O)(=O)c2cc(C(=O)OCC(=O)NC(C)CCc3ccccc3)ccc2C)c1. The summed E-state index contributed by atoms with van der Waals surface area (Å²) >= 11 is 0. The van der Waals surface area contributed by atoms with Crippen LogP contribution in [0.4, 0.5) is 5.69 Å². The van der Waals surface area contributed by atoms with Gasteiger partial charge in [-0.05, 0) is 74.6 Å². The number of aryl methyl sites for hydroxylation is 3. The van der Waals surface area contributed by atoms with Crippen LogP contribution in [0.3, 0.4) is 0 Å². The topological polar surface area (TPSA) is 102 Å². The van der Waals surface area contributed by atoms with Gasteiger partial charge in [0.05, 0.1) is 10.5 Å². The fourth-order valence-electron chi connectivity index (χ4n) is 3.57. The molecule has 0 aliphatic carbocycles. The minimum absolute atomic E-state index is 0.0348. The van der Waals surface area contributed by atoms with E-state index in [9.17, 15) is 18.0 Å². The number of carbonyl (C=O) groups is 2. The molecule has 3 rings (SSSR count). The summed E-state index contributed by atoms with van der Waals surface area (Å²) in [6.45, 7) is 4.94. The lowest BCUT2D eigenvalue weighted by atomic mass is 10.1. The molecule has 0 aliphatic rings. The first-order chi connectivity index (χ1) is 16.6. The highest BCUT2D eigenvalue weighted by Gasteiger charge is 2.20. The first kappa shape index (κ1) is 26.0. The van der Waals surface area contributed by atoms with Crippen LogP contribution in [0.2, 0.25) is 0 Å². The van der Waals surface area contributed by atoms with Crippen molar-refractivity contribution >= 4 is 27.6 Å². The van der Waals surface area contributed by atoms with Crippen LogP contribution < -0.4 is 10.0 Å². The molecule has 35 heavy (non-hydrogen) atoms. The van der Waals surface area contributed by atoms with Gasteiger partial charge in [0, 0.05) is 11.7 Å². The standard InChI is InChI=1S/C27H30N2O5S/c1-19-8-7-11-24(16-19)29-35(32,33)25-17-23(15-12-20(25)2)27(31)34-18-26(30)28-21(3)13-14-22-9-5-4-6-10-22/h4-12,15-17,21,29H,13-14,18H2,1-3H3,(H,28,30). The number of ether oxygens (including phenoxy) is 1. The van der Waals surface area contributed by atoms with E-state index < -0.39 is 28.5 Å². The van der Waals surface area contributed by atoms with Crippen molar-refractivity contribution < 1.29 is 22.7 Å². The third kappa shape index (κ3) is 7.68. The molecule has 2 N–H and O–H groups in total. The zero-order chi connectivity index (χ0) is 25.4. The van der Waals surface area contributed by atoms with Crippen LogP contribution in [0.1, 0.15) is 40.4 Å². The molecule has 0 fully saturated rings. The largest absolute Gasteiger partial charge is 0.452 e.